The fourth-order valence-corrected chi connectivity index (χ4v) is 0. The SMILES string of the molecule is CC(C)C(=O)O.S=C(S)S. The second-order valence-electron chi connectivity index (χ2n) is 1.78. The van der Waals surface area contributed by atoms with E-state index >= 15 is 0 Å². The Morgan fingerprint density at radius 1 is 1.50 bits per heavy atom. The summed E-state index contributed by atoms with van der Waals surface area (Å²) < 4.78 is 0.389. The van der Waals surface area contributed by atoms with Gasteiger partial charge in [0.1, 0.15) is 0 Å². The van der Waals surface area contributed by atoms with Crippen molar-refractivity contribution in [3.05, 3.63) is 0 Å². The van der Waals surface area contributed by atoms with Crippen molar-refractivity contribution >= 4 is 47.0 Å². The summed E-state index contributed by atoms with van der Waals surface area (Å²) >= 11 is 11.4. The Hall–Kier alpha value is 0.260. The quantitative estimate of drug-likeness (QED) is 0.445. The maximum Gasteiger partial charge on any atom is 0.305 e. The van der Waals surface area contributed by atoms with Crippen LogP contribution in [0.4, 0.5) is 0 Å². The molecule has 0 bridgehead atoms. The lowest BCUT2D eigenvalue weighted by atomic mass is 10.2. The van der Waals surface area contributed by atoms with Crippen LogP contribution in [0.15, 0.2) is 0 Å². The van der Waals surface area contributed by atoms with E-state index in [9.17, 15) is 4.79 Å². The molecule has 0 saturated carbocycles. The van der Waals surface area contributed by atoms with Crippen molar-refractivity contribution in [2.45, 2.75) is 13.8 Å². The molecule has 60 valence electrons. The predicted molar refractivity (Wildman–Crippen MR) is 53.0 cm³/mol. The number of thiol groups is 2. The number of hydrogen-bond acceptors (Lipinski definition) is 2. The van der Waals surface area contributed by atoms with Gasteiger partial charge in [0.05, 0.1) is 9.45 Å². The number of aliphatic carboxylic acids is 1. The molecular weight excluding hydrogens is 188 g/mol. The summed E-state index contributed by atoms with van der Waals surface area (Å²) in [6.07, 6.45) is 0. The fraction of sp³-hybridized carbons (Fsp3) is 0.600. The van der Waals surface area contributed by atoms with E-state index in [2.05, 4.69) is 37.5 Å². The van der Waals surface area contributed by atoms with E-state index in [4.69, 9.17) is 5.11 Å². The van der Waals surface area contributed by atoms with Crippen LogP contribution in [0.3, 0.4) is 0 Å². The van der Waals surface area contributed by atoms with Gasteiger partial charge < -0.3 is 5.11 Å². The summed E-state index contributed by atoms with van der Waals surface area (Å²) in [5.74, 6) is -0.972. The van der Waals surface area contributed by atoms with Gasteiger partial charge in [0.25, 0.3) is 0 Å². The van der Waals surface area contributed by atoms with Crippen LogP contribution in [-0.2, 0) is 4.79 Å². The lowest BCUT2D eigenvalue weighted by Crippen LogP contribution is -2.03. The van der Waals surface area contributed by atoms with Crippen LogP contribution in [0, 0.1) is 5.92 Å². The molecule has 0 unspecified atom stereocenters. The Morgan fingerprint density at radius 2 is 1.60 bits per heavy atom. The van der Waals surface area contributed by atoms with Gasteiger partial charge in [-0.3, -0.25) is 4.79 Å². The highest BCUT2D eigenvalue weighted by atomic mass is 32.2. The van der Waals surface area contributed by atoms with Crippen LogP contribution >= 0.6 is 37.5 Å². The van der Waals surface area contributed by atoms with Crippen LogP contribution in [-0.4, -0.2) is 14.6 Å². The summed E-state index contributed by atoms with van der Waals surface area (Å²) in [5, 5.41) is 7.99. The molecule has 0 aromatic carbocycles. The first-order chi connectivity index (χ1) is 4.37. The molecule has 5 heteroatoms. The summed E-state index contributed by atoms with van der Waals surface area (Å²) in [5.41, 5.74) is 0. The van der Waals surface area contributed by atoms with Gasteiger partial charge in [0.15, 0.2) is 0 Å². The number of carboxylic acids is 1. The minimum Gasteiger partial charge on any atom is -0.481 e. The van der Waals surface area contributed by atoms with Crippen LogP contribution in [0.5, 0.6) is 0 Å². The predicted octanol–water partition coefficient (Wildman–Crippen LogP) is 1.86. The highest BCUT2D eigenvalue weighted by Crippen LogP contribution is 1.87. The van der Waals surface area contributed by atoms with Crippen molar-refractivity contribution in [1.82, 2.24) is 0 Å². The zero-order valence-electron chi connectivity index (χ0n) is 5.74. The van der Waals surface area contributed by atoms with Crippen molar-refractivity contribution in [1.29, 1.82) is 0 Å². The monoisotopic (exact) mass is 198 g/mol. The normalized spacial score (nSPS) is 8.10. The van der Waals surface area contributed by atoms with Crippen LogP contribution in [0.2, 0.25) is 0 Å². The Bertz CT molecular complexity index is 118. The average molecular weight is 198 g/mol. The molecule has 0 aliphatic rings. The summed E-state index contributed by atoms with van der Waals surface area (Å²) in [6, 6.07) is 0. The van der Waals surface area contributed by atoms with Crippen LogP contribution in [0.1, 0.15) is 13.8 Å². The lowest BCUT2D eigenvalue weighted by Gasteiger charge is -1.89. The first kappa shape index (κ1) is 12.9. The van der Waals surface area contributed by atoms with Crippen molar-refractivity contribution < 1.29 is 9.90 Å². The summed E-state index contributed by atoms with van der Waals surface area (Å²) in [7, 11) is 0. The van der Waals surface area contributed by atoms with Gasteiger partial charge in [0, 0.05) is 0 Å². The highest BCUT2D eigenvalue weighted by Gasteiger charge is 1.99. The van der Waals surface area contributed by atoms with Gasteiger partial charge in [-0.2, -0.15) is 0 Å². The molecule has 2 nitrogen and oxygen atoms in total. The first-order valence-electron chi connectivity index (χ1n) is 2.52. The molecule has 0 amide bonds. The smallest absolute Gasteiger partial charge is 0.305 e. The first-order valence-corrected chi connectivity index (χ1v) is 3.83. The molecule has 0 saturated heterocycles. The van der Waals surface area contributed by atoms with E-state index < -0.39 is 5.97 Å². The van der Waals surface area contributed by atoms with Gasteiger partial charge in [0.2, 0.25) is 0 Å². The van der Waals surface area contributed by atoms with Gasteiger partial charge >= 0.3 is 5.97 Å². The molecule has 0 atom stereocenters. The third kappa shape index (κ3) is 24.0. The van der Waals surface area contributed by atoms with Crippen molar-refractivity contribution in [2.75, 3.05) is 0 Å². The van der Waals surface area contributed by atoms with Gasteiger partial charge in [-0.25, -0.2) is 0 Å². The zero-order chi connectivity index (χ0) is 8.73. The highest BCUT2D eigenvalue weighted by molar-refractivity contribution is 8.34. The van der Waals surface area contributed by atoms with E-state index in [0.29, 0.717) is 3.53 Å². The molecule has 0 heterocycles. The molecule has 0 spiro atoms. The van der Waals surface area contributed by atoms with Crippen LogP contribution in [0.25, 0.3) is 0 Å². The molecule has 0 aliphatic heterocycles. The molecule has 0 radical (unpaired) electrons. The van der Waals surface area contributed by atoms with Gasteiger partial charge in [-0.1, -0.05) is 26.1 Å². The lowest BCUT2D eigenvalue weighted by molar-refractivity contribution is -0.140. The fourth-order valence-electron chi connectivity index (χ4n) is 0. The average Bonchev–Trinajstić information content (AvgIpc) is 1.63. The topological polar surface area (TPSA) is 37.3 Å². The van der Waals surface area contributed by atoms with E-state index in [1.807, 2.05) is 0 Å². The Labute approximate surface area is 76.8 Å². The molecule has 0 aromatic rings. The van der Waals surface area contributed by atoms with Crippen LogP contribution < -0.4 is 0 Å². The van der Waals surface area contributed by atoms with E-state index in [0.717, 1.165) is 0 Å². The van der Waals surface area contributed by atoms with Gasteiger partial charge in [-0.15, -0.1) is 25.3 Å². The molecule has 0 aliphatic carbocycles. The molecule has 0 aromatic heterocycles. The molecule has 1 N–H and O–H groups in total. The van der Waals surface area contributed by atoms with E-state index in [-0.39, 0.29) is 5.92 Å². The van der Waals surface area contributed by atoms with Crippen molar-refractivity contribution in [3.63, 3.8) is 0 Å². The van der Waals surface area contributed by atoms with Gasteiger partial charge in [-0.05, 0) is 0 Å². The minimum atomic E-state index is -0.741. The molecule has 0 fully saturated rings. The molecule has 10 heavy (non-hydrogen) atoms. The maximum absolute atomic E-state index is 9.70. The van der Waals surface area contributed by atoms with E-state index in [1.165, 1.54) is 0 Å². The Morgan fingerprint density at radius 3 is 1.60 bits per heavy atom. The van der Waals surface area contributed by atoms with Crippen molar-refractivity contribution in [2.24, 2.45) is 5.92 Å². The Balaban J connectivity index is 0. The van der Waals surface area contributed by atoms with E-state index in [1.54, 1.807) is 13.8 Å². The summed E-state index contributed by atoms with van der Waals surface area (Å²) in [6.45, 7) is 3.28. The number of thiocarbonyl (C=S) groups is 1. The Kier molecular flexibility index (Phi) is 9.50. The molecular formula is C5H10O2S3. The number of hydrogen-bond donors (Lipinski definition) is 3. The second kappa shape index (κ2) is 7.37. The molecule has 0 rings (SSSR count). The number of carbonyl (C=O) groups is 1. The maximum atomic E-state index is 9.70. The standard InChI is InChI=1S/C4H8O2.CH2S3/c1-3(2)4(5)6;2-1(3)4/h3H,1-2H3,(H,5,6);(H2,2,3,4). The van der Waals surface area contributed by atoms with Crippen molar-refractivity contribution in [3.8, 4) is 0 Å². The minimum absolute atomic E-state index is 0.231. The number of carboxylic acid groups (broad SMARTS) is 1. The zero-order valence-corrected chi connectivity index (χ0v) is 8.34. The summed E-state index contributed by atoms with van der Waals surface area (Å²) in [4.78, 5) is 9.70. The third-order valence-electron chi connectivity index (χ3n) is 0.494. The number of rotatable bonds is 1. The third-order valence-corrected chi connectivity index (χ3v) is 0.494. The largest absolute Gasteiger partial charge is 0.481 e. The second-order valence-corrected chi connectivity index (χ2v) is 4.04.